The zero-order valence-corrected chi connectivity index (χ0v) is 7.25. The van der Waals surface area contributed by atoms with Crippen LogP contribution in [-0.2, 0) is 56.8 Å². The molecule has 0 saturated heterocycles. The molecule has 0 rings (SSSR count). The van der Waals surface area contributed by atoms with Crippen molar-refractivity contribution >= 4 is 0 Å². The molecule has 0 saturated carbocycles. The third-order valence-electron chi connectivity index (χ3n) is 0. The maximum Gasteiger partial charge on any atom is 0 e. The molecular formula is CrFeNTa. The Morgan fingerprint density at radius 3 is 1.00 bits per heavy atom. The van der Waals surface area contributed by atoms with Crippen molar-refractivity contribution in [2.75, 3.05) is 0 Å². The summed E-state index contributed by atoms with van der Waals surface area (Å²) in [5.74, 6) is 0. The second-order valence-corrected chi connectivity index (χ2v) is 0. The van der Waals surface area contributed by atoms with Crippen LogP contribution >= 0.6 is 0 Å². The van der Waals surface area contributed by atoms with Gasteiger partial charge in [0.25, 0.3) is 0 Å². The van der Waals surface area contributed by atoms with Crippen molar-refractivity contribution in [3.05, 3.63) is 0 Å². The van der Waals surface area contributed by atoms with Crippen LogP contribution in [0.1, 0.15) is 0 Å². The van der Waals surface area contributed by atoms with Gasteiger partial charge in [-0.1, -0.05) is 0 Å². The van der Waals surface area contributed by atoms with E-state index >= 15 is 0 Å². The molecule has 4 heteroatoms. The Balaban J connectivity index is 0. The normalized spacial score (nSPS) is 0. The summed E-state index contributed by atoms with van der Waals surface area (Å²) in [6.07, 6.45) is 0. The van der Waals surface area contributed by atoms with Crippen molar-refractivity contribution in [2.24, 2.45) is 0 Å². The van der Waals surface area contributed by atoms with E-state index in [9.17, 15) is 0 Å². The molecule has 4 radical (unpaired) electrons. The molecule has 1 nitrogen and oxygen atoms in total. The maximum absolute atomic E-state index is 0. The molecule has 0 amide bonds. The Hall–Kier alpha value is 1.75. The van der Waals surface area contributed by atoms with Crippen molar-refractivity contribution in [1.29, 1.82) is 0 Å². The molecule has 0 aromatic rings. The van der Waals surface area contributed by atoms with Gasteiger partial charge in [0.1, 0.15) is 0 Å². The quantitative estimate of drug-likeness (QED) is 0.541. The number of nitrogens with zero attached hydrogens (tertiary/aromatic N) is 1. The zero-order valence-electron chi connectivity index (χ0n) is 1.66. The Morgan fingerprint density at radius 2 is 1.00 bits per heavy atom. The van der Waals surface area contributed by atoms with E-state index in [1.807, 2.05) is 0 Å². The fourth-order valence-electron chi connectivity index (χ4n) is 0. The van der Waals surface area contributed by atoms with E-state index in [1.54, 1.807) is 0 Å². The predicted octanol–water partition coefficient (Wildman–Crippen LogP) is -0.488. The van der Waals surface area contributed by atoms with Crippen LogP contribution in [0.25, 0.3) is 0 Å². The van der Waals surface area contributed by atoms with E-state index in [4.69, 9.17) is 0 Å². The Kier molecular flexibility index (Phi) is 231. The van der Waals surface area contributed by atoms with Crippen molar-refractivity contribution in [3.63, 3.8) is 0 Å². The third-order valence-corrected chi connectivity index (χ3v) is 0. The minimum Gasteiger partial charge on any atom is 0 e. The van der Waals surface area contributed by atoms with Crippen LogP contribution in [0.4, 0.5) is 0 Å². The minimum absolute atomic E-state index is 0. The SMILES string of the molecule is [Cr].[Fe].[N].[Ta]. The molecule has 0 unspecified atom stereocenters. The zero-order chi connectivity index (χ0) is 0. The molecule has 0 bridgehead atoms. The van der Waals surface area contributed by atoms with Gasteiger partial charge in [0.15, 0.2) is 0 Å². The Morgan fingerprint density at radius 1 is 1.00 bits per heavy atom. The largest absolute Gasteiger partial charge is 0 e. The van der Waals surface area contributed by atoms with E-state index in [0.717, 1.165) is 0 Å². The first kappa shape index (κ1) is 42.3. The molecule has 0 aromatic heterocycles. The van der Waals surface area contributed by atoms with Crippen LogP contribution in [0, 0.1) is 0 Å². The fourth-order valence-corrected chi connectivity index (χ4v) is 0. The molecule has 0 spiro atoms. The van der Waals surface area contributed by atoms with Crippen molar-refractivity contribution in [1.82, 2.24) is 6.15 Å². The van der Waals surface area contributed by atoms with Crippen LogP contribution in [0.15, 0.2) is 0 Å². The van der Waals surface area contributed by atoms with Crippen LogP contribution < -0.4 is 6.15 Å². The van der Waals surface area contributed by atoms with E-state index in [2.05, 4.69) is 0 Å². The summed E-state index contributed by atoms with van der Waals surface area (Å²) in [4.78, 5) is 0. The standard InChI is InChI=1S/Cr.Fe.N.Ta. The first-order valence-electron chi connectivity index (χ1n) is 0. The summed E-state index contributed by atoms with van der Waals surface area (Å²) in [6, 6.07) is 0. The van der Waals surface area contributed by atoms with Crippen molar-refractivity contribution in [3.8, 4) is 0 Å². The molecule has 0 aliphatic carbocycles. The average Bonchev–Trinajstić information content (AvgIpc) is 0. The van der Waals surface area contributed by atoms with Gasteiger partial charge in [-0.25, -0.2) is 0 Å². The Labute approximate surface area is 62.6 Å². The molecule has 0 atom stereocenters. The summed E-state index contributed by atoms with van der Waals surface area (Å²) >= 11 is 0. The minimum atomic E-state index is 0. The van der Waals surface area contributed by atoms with E-state index in [-0.39, 0.29) is 63.0 Å². The van der Waals surface area contributed by atoms with Gasteiger partial charge in [0, 0.05) is 63.0 Å². The van der Waals surface area contributed by atoms with Crippen molar-refractivity contribution < 1.29 is 56.8 Å². The maximum atomic E-state index is 0. The summed E-state index contributed by atoms with van der Waals surface area (Å²) in [5, 5.41) is 0. The van der Waals surface area contributed by atoms with Gasteiger partial charge >= 0.3 is 0 Å². The molecular weight excluding hydrogens is 303 g/mol. The average molecular weight is 303 g/mol. The van der Waals surface area contributed by atoms with Crippen LogP contribution in [0.5, 0.6) is 0 Å². The van der Waals surface area contributed by atoms with Crippen molar-refractivity contribution in [2.45, 2.75) is 0 Å². The molecule has 0 aromatic carbocycles. The smallest absolute Gasteiger partial charge is 0 e. The van der Waals surface area contributed by atoms with E-state index < -0.39 is 0 Å². The first-order chi connectivity index (χ1) is 0. The van der Waals surface area contributed by atoms with Gasteiger partial charge < -0.3 is 0 Å². The summed E-state index contributed by atoms with van der Waals surface area (Å²) in [6.45, 7) is 0. The molecule has 0 aliphatic rings. The molecule has 4 heavy (non-hydrogen) atoms. The summed E-state index contributed by atoms with van der Waals surface area (Å²) in [5.41, 5.74) is 0. The topological polar surface area (TPSA) is 30.5 Å². The van der Waals surface area contributed by atoms with Gasteiger partial charge in [-0.15, -0.1) is 0 Å². The second kappa shape index (κ2) is 21.8. The number of rotatable bonds is 0. The molecule has 0 aliphatic heterocycles. The van der Waals surface area contributed by atoms with Gasteiger partial charge in [-0.05, 0) is 0 Å². The third kappa shape index (κ3) is 9.26. The summed E-state index contributed by atoms with van der Waals surface area (Å²) < 4.78 is 0. The van der Waals surface area contributed by atoms with Crippen LogP contribution in [-0.4, -0.2) is 0 Å². The number of hydrogen-bond donors (Lipinski definition) is 0. The van der Waals surface area contributed by atoms with Gasteiger partial charge in [-0.3, -0.25) is 0 Å². The van der Waals surface area contributed by atoms with E-state index in [0.29, 0.717) is 0 Å². The predicted molar refractivity (Wildman–Crippen MR) is 2.13 cm³/mol. The second-order valence-electron chi connectivity index (χ2n) is 0. The summed E-state index contributed by atoms with van der Waals surface area (Å²) in [7, 11) is 0. The van der Waals surface area contributed by atoms with Crippen LogP contribution in [0.2, 0.25) is 0 Å². The first-order valence-corrected chi connectivity index (χ1v) is 0. The van der Waals surface area contributed by atoms with Crippen LogP contribution in [0.3, 0.4) is 0 Å². The monoisotopic (exact) mass is 303 g/mol. The Bertz CT molecular complexity index is 8.00. The fraction of sp³-hybridized carbons (Fsp3) is 0. The molecule has 0 heterocycles. The van der Waals surface area contributed by atoms with Gasteiger partial charge in [0.05, 0.1) is 0 Å². The molecule has 0 N–H and O–H groups in total. The molecule has 0 fully saturated rings. The van der Waals surface area contributed by atoms with Gasteiger partial charge in [0.2, 0.25) is 0 Å². The molecule has 24 valence electrons. The van der Waals surface area contributed by atoms with E-state index in [1.165, 1.54) is 0 Å². The van der Waals surface area contributed by atoms with Gasteiger partial charge in [-0.2, -0.15) is 0 Å². The number of hydrogen-bond acceptors (Lipinski definition) is 0.